The van der Waals surface area contributed by atoms with E-state index in [1.807, 2.05) is 0 Å². The fourth-order valence-electron chi connectivity index (χ4n) is 5.98. The second kappa shape index (κ2) is 8.22. The largest absolute Gasteiger partial charge is 0.344 e. The Morgan fingerprint density at radius 3 is 1.11 bits per heavy atom. The third-order valence-corrected chi connectivity index (χ3v) is 12.7. The van der Waals surface area contributed by atoms with Gasteiger partial charge in [0.15, 0.2) is 5.79 Å². The first-order valence-corrected chi connectivity index (χ1v) is 15.4. The van der Waals surface area contributed by atoms with Crippen LogP contribution in [0.15, 0.2) is 97.1 Å². The lowest BCUT2D eigenvalue weighted by molar-refractivity contribution is -0.144. The quantitative estimate of drug-likeness (QED) is 0.243. The van der Waals surface area contributed by atoms with Crippen LogP contribution in [0.25, 0.3) is 42.0 Å². The number of ether oxygens (including phenoxy) is 2. The highest BCUT2D eigenvalue weighted by molar-refractivity contribution is 7.61. The molecule has 2 nitrogen and oxygen atoms in total. The Balaban J connectivity index is 1.32. The summed E-state index contributed by atoms with van der Waals surface area (Å²) in [7, 11) is -0.954. The molecule has 1 aliphatic rings. The van der Waals surface area contributed by atoms with Crippen LogP contribution < -0.4 is 0 Å². The Bertz CT molecular complexity index is 1480. The molecule has 3 heterocycles. The molecule has 1 fully saturated rings. The van der Waals surface area contributed by atoms with Crippen molar-refractivity contribution in [2.45, 2.75) is 44.2 Å². The molecule has 0 aliphatic carbocycles. The Morgan fingerprint density at radius 1 is 0.514 bits per heavy atom. The van der Waals surface area contributed by atoms with Gasteiger partial charge in [0.05, 0.1) is 12.2 Å². The van der Waals surface area contributed by atoms with Crippen LogP contribution in [0.1, 0.15) is 13.8 Å². The minimum absolute atomic E-state index is 0.0812. The van der Waals surface area contributed by atoms with Gasteiger partial charge < -0.3 is 9.47 Å². The lowest BCUT2D eigenvalue weighted by Crippen LogP contribution is -2.23. The molecule has 6 aromatic rings. The van der Waals surface area contributed by atoms with Crippen molar-refractivity contribution in [1.29, 1.82) is 0 Å². The van der Waals surface area contributed by atoms with E-state index in [1.54, 1.807) is 0 Å². The van der Waals surface area contributed by atoms with Gasteiger partial charge in [0, 0.05) is 32.8 Å². The highest BCUT2D eigenvalue weighted by Gasteiger charge is 2.42. The van der Waals surface area contributed by atoms with Crippen molar-refractivity contribution in [1.82, 2.24) is 0 Å². The van der Waals surface area contributed by atoms with Gasteiger partial charge in [0.1, 0.15) is 0 Å². The van der Waals surface area contributed by atoms with Crippen LogP contribution in [-0.4, -0.2) is 18.0 Å². The van der Waals surface area contributed by atoms with Crippen LogP contribution in [0.3, 0.4) is 0 Å². The number of hydrogen-bond acceptors (Lipinski definition) is 2. The molecular weight excluding hydrogens is 466 g/mol. The maximum absolute atomic E-state index is 6.64. The van der Waals surface area contributed by atoms with Gasteiger partial charge in [-0.2, -0.15) is 0 Å². The smallest absolute Gasteiger partial charge is 0.163 e. The van der Waals surface area contributed by atoms with Crippen LogP contribution in [0.2, 0.25) is 0 Å². The number of benzene rings is 4. The van der Waals surface area contributed by atoms with Crippen molar-refractivity contribution in [3.05, 3.63) is 97.1 Å². The van der Waals surface area contributed by atoms with E-state index < -0.39 is 20.9 Å². The summed E-state index contributed by atoms with van der Waals surface area (Å²) in [5.74, 6) is -0.558. The van der Waals surface area contributed by atoms with Crippen LogP contribution in [0, 0.1) is 0 Å². The topological polar surface area (TPSA) is 18.5 Å². The Morgan fingerprint density at radius 2 is 0.800 bits per heavy atom. The molecule has 4 heteroatoms. The summed E-state index contributed by atoms with van der Waals surface area (Å²) < 4.78 is 13.3. The summed E-state index contributed by atoms with van der Waals surface area (Å²) in [5, 5.41) is 11.5. The predicted octanol–water partition coefficient (Wildman–Crippen LogP) is 9.49. The SMILES string of the molecule is CC1(C)OC(Cp2c3ccccc3c3ccccc32)C(Cp2c3ccccc3c3ccccc32)O1. The summed E-state index contributed by atoms with van der Waals surface area (Å²) in [5.41, 5.74) is 0. The van der Waals surface area contributed by atoms with E-state index in [9.17, 15) is 0 Å². The second-order valence-electron chi connectivity index (χ2n) is 10.0. The van der Waals surface area contributed by atoms with Gasteiger partial charge in [-0.1, -0.05) is 97.1 Å². The molecule has 0 N–H and O–H groups in total. The molecular formula is C31H28O2P2. The first kappa shape index (κ1) is 21.7. The van der Waals surface area contributed by atoms with Crippen molar-refractivity contribution in [3.8, 4) is 0 Å². The maximum atomic E-state index is 6.64. The van der Waals surface area contributed by atoms with Crippen molar-refractivity contribution < 1.29 is 9.47 Å². The van der Waals surface area contributed by atoms with Gasteiger partial charge >= 0.3 is 0 Å². The Hall–Kier alpha value is -2.60. The summed E-state index contributed by atoms with van der Waals surface area (Å²) in [6, 6.07) is 35.8. The van der Waals surface area contributed by atoms with Crippen molar-refractivity contribution in [3.63, 3.8) is 0 Å². The molecule has 1 aliphatic heterocycles. The van der Waals surface area contributed by atoms with E-state index in [-0.39, 0.29) is 12.2 Å². The summed E-state index contributed by atoms with van der Waals surface area (Å²) >= 11 is 0. The summed E-state index contributed by atoms with van der Waals surface area (Å²) in [6.07, 6.45) is 2.17. The molecule has 0 saturated carbocycles. The van der Waals surface area contributed by atoms with Gasteiger partial charge in [-0.3, -0.25) is 0 Å². The molecule has 0 spiro atoms. The first-order valence-electron chi connectivity index (χ1n) is 12.4. The maximum Gasteiger partial charge on any atom is 0.163 e. The minimum Gasteiger partial charge on any atom is -0.344 e. The monoisotopic (exact) mass is 494 g/mol. The van der Waals surface area contributed by atoms with E-state index in [4.69, 9.17) is 9.47 Å². The minimum atomic E-state index is -0.558. The molecule has 2 unspecified atom stereocenters. The first-order chi connectivity index (χ1) is 17.1. The Kier molecular flexibility index (Phi) is 5.09. The van der Waals surface area contributed by atoms with E-state index in [0.29, 0.717) is 0 Å². The molecule has 174 valence electrons. The zero-order valence-electron chi connectivity index (χ0n) is 20.0. The molecule has 0 bridgehead atoms. The molecule has 35 heavy (non-hydrogen) atoms. The molecule has 2 aromatic heterocycles. The summed E-state index contributed by atoms with van der Waals surface area (Å²) in [4.78, 5) is 0. The Labute approximate surface area is 207 Å². The normalized spacial score (nSPS) is 19.9. The van der Waals surface area contributed by atoms with Crippen molar-refractivity contribution in [2.24, 2.45) is 0 Å². The zero-order valence-corrected chi connectivity index (χ0v) is 21.8. The highest BCUT2D eigenvalue weighted by Crippen LogP contribution is 2.55. The third kappa shape index (κ3) is 3.55. The average Bonchev–Trinajstić information content (AvgIpc) is 3.48. The van der Waals surface area contributed by atoms with Crippen molar-refractivity contribution in [2.75, 3.05) is 0 Å². The van der Waals surface area contributed by atoms with E-state index in [1.165, 1.54) is 42.0 Å². The van der Waals surface area contributed by atoms with Gasteiger partial charge in [-0.05, 0) is 35.4 Å². The van der Waals surface area contributed by atoms with Gasteiger partial charge in [0.25, 0.3) is 0 Å². The fourth-order valence-corrected chi connectivity index (χ4v) is 11.6. The fraction of sp³-hybridized carbons (Fsp3) is 0.226. The zero-order chi connectivity index (χ0) is 23.6. The van der Waals surface area contributed by atoms with Gasteiger partial charge in [-0.25, -0.2) is 0 Å². The van der Waals surface area contributed by atoms with E-state index >= 15 is 0 Å². The highest BCUT2D eigenvalue weighted by atomic mass is 31.1. The van der Waals surface area contributed by atoms with Crippen LogP contribution in [-0.2, 0) is 21.8 Å². The van der Waals surface area contributed by atoms with Crippen molar-refractivity contribution >= 4 is 57.1 Å². The number of rotatable bonds is 4. The lowest BCUT2D eigenvalue weighted by Gasteiger charge is -2.18. The van der Waals surface area contributed by atoms with Crippen LogP contribution in [0.4, 0.5) is 0 Å². The molecule has 7 rings (SSSR count). The van der Waals surface area contributed by atoms with E-state index in [2.05, 4.69) is 111 Å². The third-order valence-electron chi connectivity index (χ3n) is 7.37. The molecule has 1 saturated heterocycles. The molecule has 0 amide bonds. The lowest BCUT2D eigenvalue weighted by atomic mass is 10.2. The standard InChI is InChI=1S/C31H28O2P2/c1-31(2)32-25(19-34-27-15-7-3-11-21(27)22-12-4-8-16-28(22)34)26(33-31)20-35-29-17-9-5-13-23(29)24-14-6-10-18-30(24)35/h3-18,25-26H,19-20H2,1-2H3. The molecule has 4 aromatic carbocycles. The van der Waals surface area contributed by atoms with Gasteiger partial charge in [-0.15, -0.1) is 15.1 Å². The second-order valence-corrected chi connectivity index (χ2v) is 14.4. The van der Waals surface area contributed by atoms with E-state index in [0.717, 1.165) is 12.3 Å². The molecule has 2 atom stereocenters. The van der Waals surface area contributed by atoms with Crippen LogP contribution in [0.5, 0.6) is 0 Å². The molecule has 0 radical (unpaired) electrons. The number of hydrogen-bond donors (Lipinski definition) is 0. The average molecular weight is 495 g/mol. The van der Waals surface area contributed by atoms with Gasteiger partial charge in [0.2, 0.25) is 0 Å². The number of fused-ring (bicyclic) bond motifs is 6. The van der Waals surface area contributed by atoms with Crippen LogP contribution >= 0.6 is 15.1 Å². The summed E-state index contributed by atoms with van der Waals surface area (Å²) in [6.45, 7) is 4.15. The predicted molar refractivity (Wildman–Crippen MR) is 152 cm³/mol.